The first-order chi connectivity index (χ1) is 13.2. The van der Waals surface area contributed by atoms with Crippen LogP contribution in [0.5, 0.6) is 11.5 Å². The number of carbonyl (C=O) groups excluding carboxylic acids is 2. The average Bonchev–Trinajstić information content (AvgIpc) is 3.25. The molecule has 4 rings (SSSR count). The number of esters is 1. The Morgan fingerprint density at radius 3 is 2.67 bits per heavy atom. The summed E-state index contributed by atoms with van der Waals surface area (Å²) in [7, 11) is 1.37. The number of rotatable bonds is 3. The highest BCUT2D eigenvalue weighted by atomic mass is 32.1. The standard InChI is InChI=1S/C20H21NO5S/c1-24-20(23)17-13-6-4-2-3-5-7-16(13)27-19(17)21-18(22)12-8-9-14-15(10-12)26-11-25-14/h8-10H,2-7,11H2,1H3,(H,21,22). The number of fused-ring (bicyclic) bond motifs is 2. The number of hydrogen-bond acceptors (Lipinski definition) is 6. The lowest BCUT2D eigenvalue weighted by molar-refractivity contribution is 0.0601. The Bertz CT molecular complexity index is 889. The van der Waals surface area contributed by atoms with Gasteiger partial charge in [-0.1, -0.05) is 12.8 Å². The number of aryl methyl sites for hydroxylation is 1. The number of anilines is 1. The fourth-order valence-corrected chi connectivity index (χ4v) is 4.81. The maximum Gasteiger partial charge on any atom is 0.341 e. The third kappa shape index (κ3) is 3.51. The summed E-state index contributed by atoms with van der Waals surface area (Å²) < 4.78 is 15.6. The topological polar surface area (TPSA) is 73.9 Å². The van der Waals surface area contributed by atoms with Gasteiger partial charge in [-0.05, 0) is 49.4 Å². The zero-order valence-electron chi connectivity index (χ0n) is 15.1. The van der Waals surface area contributed by atoms with E-state index < -0.39 is 5.97 Å². The molecule has 0 unspecified atom stereocenters. The molecule has 2 aliphatic rings. The van der Waals surface area contributed by atoms with Crippen molar-refractivity contribution in [1.29, 1.82) is 0 Å². The van der Waals surface area contributed by atoms with E-state index in [4.69, 9.17) is 14.2 Å². The minimum absolute atomic E-state index is 0.157. The van der Waals surface area contributed by atoms with Gasteiger partial charge in [-0.2, -0.15) is 0 Å². The second-order valence-electron chi connectivity index (χ2n) is 6.64. The molecule has 7 heteroatoms. The predicted octanol–water partition coefficient (Wildman–Crippen LogP) is 4.17. The van der Waals surface area contributed by atoms with Gasteiger partial charge in [0.2, 0.25) is 6.79 Å². The molecule has 0 fully saturated rings. The summed E-state index contributed by atoms with van der Waals surface area (Å²) in [6.45, 7) is 0.157. The second kappa shape index (κ2) is 7.60. The Kier molecular flexibility index (Phi) is 5.03. The number of ether oxygens (including phenoxy) is 3. The van der Waals surface area contributed by atoms with Crippen LogP contribution in [-0.2, 0) is 17.6 Å². The lowest BCUT2D eigenvalue weighted by Gasteiger charge is -2.11. The van der Waals surface area contributed by atoms with E-state index >= 15 is 0 Å². The van der Waals surface area contributed by atoms with Crippen LogP contribution < -0.4 is 14.8 Å². The van der Waals surface area contributed by atoms with E-state index in [2.05, 4.69) is 5.32 Å². The molecule has 1 aliphatic heterocycles. The van der Waals surface area contributed by atoms with Crippen LogP contribution in [0.15, 0.2) is 18.2 Å². The van der Waals surface area contributed by atoms with Gasteiger partial charge in [0.1, 0.15) is 5.00 Å². The van der Waals surface area contributed by atoms with E-state index in [1.165, 1.54) is 29.7 Å². The van der Waals surface area contributed by atoms with Crippen molar-refractivity contribution < 1.29 is 23.8 Å². The quantitative estimate of drug-likeness (QED) is 0.800. The maximum atomic E-state index is 12.8. The molecule has 2 heterocycles. The SMILES string of the molecule is COC(=O)c1c(NC(=O)c2ccc3c(c2)OCO3)sc2c1CCCCCC2. The monoisotopic (exact) mass is 387 g/mol. The minimum Gasteiger partial charge on any atom is -0.465 e. The van der Waals surface area contributed by atoms with Gasteiger partial charge in [-0.3, -0.25) is 4.79 Å². The molecular formula is C20H21NO5S. The van der Waals surface area contributed by atoms with Crippen molar-refractivity contribution in [3.05, 3.63) is 39.8 Å². The molecule has 1 aromatic heterocycles. The van der Waals surface area contributed by atoms with Crippen LogP contribution in [0.3, 0.4) is 0 Å². The van der Waals surface area contributed by atoms with Crippen LogP contribution in [0.4, 0.5) is 5.00 Å². The molecule has 1 aliphatic carbocycles. The van der Waals surface area contributed by atoms with Crippen molar-refractivity contribution in [2.75, 3.05) is 19.2 Å². The number of methoxy groups -OCH3 is 1. The first-order valence-corrected chi connectivity index (χ1v) is 9.93. The summed E-state index contributed by atoms with van der Waals surface area (Å²) >= 11 is 1.49. The molecule has 0 saturated carbocycles. The number of carbonyl (C=O) groups is 2. The summed E-state index contributed by atoms with van der Waals surface area (Å²) in [6, 6.07) is 5.05. The molecule has 27 heavy (non-hydrogen) atoms. The fourth-order valence-electron chi connectivity index (χ4n) is 3.54. The van der Waals surface area contributed by atoms with E-state index in [1.807, 2.05) is 0 Å². The van der Waals surface area contributed by atoms with E-state index in [-0.39, 0.29) is 12.7 Å². The van der Waals surface area contributed by atoms with Crippen LogP contribution in [0.2, 0.25) is 0 Å². The molecule has 1 amide bonds. The van der Waals surface area contributed by atoms with Crippen molar-refractivity contribution >= 4 is 28.2 Å². The highest BCUT2D eigenvalue weighted by Gasteiger charge is 2.26. The van der Waals surface area contributed by atoms with Crippen LogP contribution in [0.1, 0.15) is 56.8 Å². The van der Waals surface area contributed by atoms with Gasteiger partial charge in [0, 0.05) is 10.4 Å². The Morgan fingerprint density at radius 2 is 1.85 bits per heavy atom. The van der Waals surface area contributed by atoms with E-state index in [9.17, 15) is 9.59 Å². The summed E-state index contributed by atoms with van der Waals surface area (Å²) in [5.74, 6) is 0.497. The third-order valence-electron chi connectivity index (χ3n) is 4.92. The zero-order valence-corrected chi connectivity index (χ0v) is 15.9. The lowest BCUT2D eigenvalue weighted by Crippen LogP contribution is -2.14. The molecule has 1 aromatic carbocycles. The first-order valence-electron chi connectivity index (χ1n) is 9.11. The first kappa shape index (κ1) is 17.9. The van der Waals surface area contributed by atoms with Gasteiger partial charge >= 0.3 is 5.97 Å². The van der Waals surface area contributed by atoms with Crippen LogP contribution >= 0.6 is 11.3 Å². The zero-order chi connectivity index (χ0) is 18.8. The Morgan fingerprint density at radius 1 is 1.07 bits per heavy atom. The molecule has 0 radical (unpaired) electrons. The van der Waals surface area contributed by atoms with E-state index in [1.54, 1.807) is 18.2 Å². The maximum absolute atomic E-state index is 12.8. The van der Waals surface area contributed by atoms with Gasteiger partial charge in [0.15, 0.2) is 11.5 Å². The van der Waals surface area contributed by atoms with E-state index in [0.29, 0.717) is 27.6 Å². The van der Waals surface area contributed by atoms with Gasteiger partial charge in [-0.15, -0.1) is 11.3 Å². The molecule has 1 N–H and O–H groups in total. The minimum atomic E-state index is -0.394. The average molecular weight is 387 g/mol. The number of thiophene rings is 1. The number of amides is 1. The summed E-state index contributed by atoms with van der Waals surface area (Å²) in [6.07, 6.45) is 6.28. The van der Waals surface area contributed by atoms with Crippen LogP contribution in [0, 0.1) is 0 Å². The molecule has 0 atom stereocenters. The molecule has 142 valence electrons. The Hall–Kier alpha value is -2.54. The molecule has 0 saturated heterocycles. The smallest absolute Gasteiger partial charge is 0.341 e. The third-order valence-corrected chi connectivity index (χ3v) is 6.13. The van der Waals surface area contributed by atoms with Crippen molar-refractivity contribution in [2.24, 2.45) is 0 Å². The van der Waals surface area contributed by atoms with Crippen LogP contribution in [0.25, 0.3) is 0 Å². The normalized spacial score (nSPS) is 15.4. The van der Waals surface area contributed by atoms with E-state index in [0.717, 1.165) is 37.7 Å². The Labute approximate surface area is 161 Å². The number of nitrogens with one attached hydrogen (secondary N) is 1. The van der Waals surface area contributed by atoms with Crippen molar-refractivity contribution in [3.63, 3.8) is 0 Å². The van der Waals surface area contributed by atoms with Gasteiger partial charge in [-0.25, -0.2) is 4.79 Å². The highest BCUT2D eigenvalue weighted by molar-refractivity contribution is 7.17. The summed E-state index contributed by atoms with van der Waals surface area (Å²) in [5, 5.41) is 3.48. The predicted molar refractivity (Wildman–Crippen MR) is 102 cm³/mol. The molecule has 0 bridgehead atoms. The Balaban J connectivity index is 1.65. The molecule has 0 spiro atoms. The van der Waals surface area contributed by atoms with Crippen LogP contribution in [-0.4, -0.2) is 25.8 Å². The van der Waals surface area contributed by atoms with Gasteiger partial charge in [0.25, 0.3) is 5.91 Å². The van der Waals surface area contributed by atoms with Gasteiger partial charge in [0.05, 0.1) is 12.7 Å². The molecular weight excluding hydrogens is 366 g/mol. The largest absolute Gasteiger partial charge is 0.465 e. The van der Waals surface area contributed by atoms with Gasteiger partial charge < -0.3 is 19.5 Å². The molecule has 2 aromatic rings. The summed E-state index contributed by atoms with van der Waals surface area (Å²) in [4.78, 5) is 26.4. The second-order valence-corrected chi connectivity index (χ2v) is 7.74. The van der Waals surface area contributed by atoms with Crippen molar-refractivity contribution in [3.8, 4) is 11.5 Å². The summed E-state index contributed by atoms with van der Waals surface area (Å²) in [5.41, 5.74) is 2.00. The van der Waals surface area contributed by atoms with Crippen molar-refractivity contribution in [2.45, 2.75) is 38.5 Å². The highest BCUT2D eigenvalue weighted by Crippen LogP contribution is 2.38. The lowest BCUT2D eigenvalue weighted by atomic mass is 9.96. The van der Waals surface area contributed by atoms with Crippen molar-refractivity contribution in [1.82, 2.24) is 0 Å². The fraction of sp³-hybridized carbons (Fsp3) is 0.400. The number of benzene rings is 1. The molecule has 6 nitrogen and oxygen atoms in total. The number of hydrogen-bond donors (Lipinski definition) is 1.